The Bertz CT molecular complexity index is 522. The van der Waals surface area contributed by atoms with Crippen LogP contribution >= 0.6 is 27.5 Å². The minimum Gasteiger partial charge on any atom is -0.399 e. The van der Waals surface area contributed by atoms with Crippen LogP contribution in [0.15, 0.2) is 46.4 Å². The summed E-state index contributed by atoms with van der Waals surface area (Å²) in [7, 11) is 0. The third-order valence-electron chi connectivity index (χ3n) is 2.12. The number of rotatable bonds is 2. The van der Waals surface area contributed by atoms with Crippen molar-refractivity contribution >= 4 is 33.3 Å². The summed E-state index contributed by atoms with van der Waals surface area (Å²) in [6, 6.07) is 0. The number of halogens is 2. The zero-order chi connectivity index (χ0) is 12.3. The van der Waals surface area contributed by atoms with Crippen molar-refractivity contribution in [2.75, 3.05) is 5.32 Å². The summed E-state index contributed by atoms with van der Waals surface area (Å²) in [4.78, 5) is 7.96. The number of hydrogen-bond acceptors (Lipinski definition) is 4. The first-order valence-corrected chi connectivity index (χ1v) is 6.10. The number of nitrogens with two attached hydrogens (primary N) is 1. The van der Waals surface area contributed by atoms with Gasteiger partial charge in [-0.3, -0.25) is 0 Å². The van der Waals surface area contributed by atoms with Crippen LogP contribution in [0.5, 0.6) is 0 Å². The van der Waals surface area contributed by atoms with Gasteiger partial charge in [0.15, 0.2) is 0 Å². The Morgan fingerprint density at radius 2 is 2.24 bits per heavy atom. The van der Waals surface area contributed by atoms with Crippen molar-refractivity contribution in [1.29, 1.82) is 0 Å². The second-order valence-corrected chi connectivity index (χ2v) is 4.62. The van der Waals surface area contributed by atoms with E-state index in [9.17, 15) is 0 Å². The molecule has 0 aromatic carbocycles. The molecule has 0 spiro atoms. The molecule has 0 saturated carbocycles. The van der Waals surface area contributed by atoms with E-state index in [1.807, 2.05) is 24.3 Å². The van der Waals surface area contributed by atoms with E-state index in [2.05, 4.69) is 31.2 Å². The second kappa shape index (κ2) is 5.33. The molecule has 1 aliphatic carbocycles. The van der Waals surface area contributed by atoms with Crippen LogP contribution in [-0.4, -0.2) is 9.97 Å². The molecule has 0 fully saturated rings. The normalized spacial score (nSPS) is 14.9. The van der Waals surface area contributed by atoms with Gasteiger partial charge in [0.05, 0.1) is 4.47 Å². The molecule has 1 aliphatic rings. The number of hydrogen-bond donors (Lipinski definition) is 2. The number of allylic oxidation sites excluding steroid dienone is 4. The smallest absolute Gasteiger partial charge is 0.224 e. The number of anilines is 1. The van der Waals surface area contributed by atoms with Crippen LogP contribution in [0.4, 0.5) is 5.82 Å². The average Bonchev–Trinajstić information content (AvgIpc) is 2.49. The molecule has 17 heavy (non-hydrogen) atoms. The predicted molar refractivity (Wildman–Crippen MR) is 72.5 cm³/mol. The summed E-state index contributed by atoms with van der Waals surface area (Å²) in [5.74, 6) is 0.638. The molecule has 0 atom stereocenters. The molecular weight excluding hydrogens is 304 g/mol. The van der Waals surface area contributed by atoms with Crippen LogP contribution in [0, 0.1) is 0 Å². The van der Waals surface area contributed by atoms with Gasteiger partial charge >= 0.3 is 0 Å². The Labute approximate surface area is 112 Å². The molecule has 88 valence electrons. The van der Waals surface area contributed by atoms with E-state index in [1.54, 1.807) is 6.20 Å². The average molecular weight is 314 g/mol. The monoisotopic (exact) mass is 312 g/mol. The molecule has 3 N–H and O–H groups in total. The molecule has 6 heteroatoms. The molecule has 0 aliphatic heterocycles. The molecule has 0 unspecified atom stereocenters. The van der Waals surface area contributed by atoms with Crippen LogP contribution in [0.25, 0.3) is 0 Å². The molecule has 0 radical (unpaired) electrons. The molecule has 1 aromatic rings. The lowest BCUT2D eigenvalue weighted by atomic mass is 10.3. The molecular formula is C11H10BrClN4. The molecule has 0 bridgehead atoms. The highest BCUT2D eigenvalue weighted by atomic mass is 79.9. The maximum atomic E-state index is 5.74. The Morgan fingerprint density at radius 3 is 3.06 bits per heavy atom. The number of nitrogens with zero attached hydrogens (tertiary/aromatic N) is 2. The van der Waals surface area contributed by atoms with Gasteiger partial charge in [0, 0.05) is 24.0 Å². The van der Waals surface area contributed by atoms with Crippen molar-refractivity contribution in [3.05, 3.63) is 51.7 Å². The molecule has 2 rings (SSSR count). The van der Waals surface area contributed by atoms with Gasteiger partial charge in [-0.1, -0.05) is 6.08 Å². The highest BCUT2D eigenvalue weighted by Gasteiger charge is 2.05. The maximum absolute atomic E-state index is 5.74. The first-order chi connectivity index (χ1) is 8.15. The lowest BCUT2D eigenvalue weighted by Gasteiger charge is -2.09. The van der Waals surface area contributed by atoms with Crippen molar-refractivity contribution in [2.24, 2.45) is 5.73 Å². The maximum Gasteiger partial charge on any atom is 0.224 e. The summed E-state index contributed by atoms with van der Waals surface area (Å²) in [6.07, 6.45) is 9.96. The van der Waals surface area contributed by atoms with E-state index >= 15 is 0 Å². The Hall–Kier alpha value is -1.33. The van der Waals surface area contributed by atoms with E-state index in [1.165, 1.54) is 0 Å². The van der Waals surface area contributed by atoms with Gasteiger partial charge in [-0.2, -0.15) is 4.98 Å². The van der Waals surface area contributed by atoms with Gasteiger partial charge in [-0.15, -0.1) is 0 Å². The van der Waals surface area contributed by atoms with E-state index in [0.717, 1.165) is 22.3 Å². The minimum absolute atomic E-state index is 0.204. The van der Waals surface area contributed by atoms with Gasteiger partial charge in [0.25, 0.3) is 0 Å². The summed E-state index contributed by atoms with van der Waals surface area (Å²) in [5, 5.41) is 3.38. The Morgan fingerprint density at radius 1 is 1.41 bits per heavy atom. The lowest BCUT2D eigenvalue weighted by molar-refractivity contribution is 1.12. The summed E-state index contributed by atoms with van der Waals surface area (Å²) in [6.45, 7) is 0. The van der Waals surface area contributed by atoms with E-state index in [4.69, 9.17) is 17.3 Å². The van der Waals surface area contributed by atoms with Crippen LogP contribution in [-0.2, 0) is 0 Å². The quantitative estimate of drug-likeness (QED) is 0.824. The van der Waals surface area contributed by atoms with Gasteiger partial charge < -0.3 is 11.1 Å². The summed E-state index contributed by atoms with van der Waals surface area (Å²) >= 11 is 9.10. The topological polar surface area (TPSA) is 63.8 Å². The third-order valence-corrected chi connectivity index (χ3v) is 2.88. The first-order valence-electron chi connectivity index (χ1n) is 4.93. The fourth-order valence-electron chi connectivity index (χ4n) is 1.32. The second-order valence-electron chi connectivity index (χ2n) is 3.43. The SMILES string of the molecule is NC1=CC=C(Nc2nc(Cl)ncc2Br)CC=C1. The van der Waals surface area contributed by atoms with Crippen molar-refractivity contribution in [1.82, 2.24) is 9.97 Å². The van der Waals surface area contributed by atoms with Crippen molar-refractivity contribution in [2.45, 2.75) is 6.42 Å². The van der Waals surface area contributed by atoms with Crippen molar-refractivity contribution in [3.63, 3.8) is 0 Å². The lowest BCUT2D eigenvalue weighted by Crippen LogP contribution is -2.02. The molecule has 4 nitrogen and oxygen atoms in total. The Balaban J connectivity index is 2.21. The van der Waals surface area contributed by atoms with Crippen LogP contribution in [0.2, 0.25) is 5.28 Å². The van der Waals surface area contributed by atoms with E-state index < -0.39 is 0 Å². The summed E-state index contributed by atoms with van der Waals surface area (Å²) in [5.41, 5.74) is 7.40. The van der Waals surface area contributed by atoms with Gasteiger partial charge in [0.2, 0.25) is 5.28 Å². The molecule has 0 saturated heterocycles. The fourth-order valence-corrected chi connectivity index (χ4v) is 1.74. The number of nitrogens with one attached hydrogen (secondary N) is 1. The minimum atomic E-state index is 0.204. The van der Waals surface area contributed by atoms with Crippen molar-refractivity contribution < 1.29 is 0 Å². The zero-order valence-electron chi connectivity index (χ0n) is 8.82. The van der Waals surface area contributed by atoms with Gasteiger partial charge in [-0.25, -0.2) is 4.98 Å². The zero-order valence-corrected chi connectivity index (χ0v) is 11.2. The van der Waals surface area contributed by atoms with Crippen LogP contribution < -0.4 is 11.1 Å². The third kappa shape index (κ3) is 3.31. The van der Waals surface area contributed by atoms with Gasteiger partial charge in [-0.05, 0) is 45.8 Å². The summed E-state index contributed by atoms with van der Waals surface area (Å²) < 4.78 is 0.757. The van der Waals surface area contributed by atoms with Crippen LogP contribution in [0.1, 0.15) is 6.42 Å². The molecule has 1 aromatic heterocycles. The highest BCUT2D eigenvalue weighted by Crippen LogP contribution is 2.23. The van der Waals surface area contributed by atoms with Crippen LogP contribution in [0.3, 0.4) is 0 Å². The van der Waals surface area contributed by atoms with E-state index in [0.29, 0.717) is 5.82 Å². The first kappa shape index (κ1) is 12.1. The number of aromatic nitrogens is 2. The van der Waals surface area contributed by atoms with Crippen molar-refractivity contribution in [3.8, 4) is 0 Å². The standard InChI is InChI=1S/C11H10BrClN4/c12-9-6-15-11(13)17-10(9)16-8-3-1-2-7(14)4-5-8/h1-2,4-6H,3,14H2,(H,15,16,17). The largest absolute Gasteiger partial charge is 0.399 e. The Kier molecular flexibility index (Phi) is 3.81. The van der Waals surface area contributed by atoms with E-state index in [-0.39, 0.29) is 5.28 Å². The highest BCUT2D eigenvalue weighted by molar-refractivity contribution is 9.10. The molecule has 1 heterocycles. The predicted octanol–water partition coefficient (Wildman–Crippen LogP) is 2.99. The van der Waals surface area contributed by atoms with Gasteiger partial charge in [0.1, 0.15) is 5.82 Å². The fraction of sp³-hybridized carbons (Fsp3) is 0.0909. The molecule has 0 amide bonds.